The molecule has 3 aromatic carbocycles. The molecule has 0 fully saturated rings. The van der Waals surface area contributed by atoms with Gasteiger partial charge in [-0.3, -0.25) is 14.2 Å². The van der Waals surface area contributed by atoms with Crippen molar-refractivity contribution in [2.45, 2.75) is 32.5 Å². The Morgan fingerprint density at radius 2 is 1.76 bits per heavy atom. The number of thiazole rings is 1. The normalized spacial score (nSPS) is 11.0. The zero-order valence-electron chi connectivity index (χ0n) is 21.2. The maximum Gasteiger partial charge on any atom is 0.251 e. The van der Waals surface area contributed by atoms with Gasteiger partial charge in [0.25, 0.3) is 5.91 Å². The molecular formula is C28H26N6O2S2. The molecule has 2 amide bonds. The molecule has 0 aliphatic carbocycles. The molecule has 0 unspecified atom stereocenters. The number of benzene rings is 3. The van der Waals surface area contributed by atoms with Crippen molar-refractivity contribution in [2.75, 3.05) is 11.1 Å². The fourth-order valence-electron chi connectivity index (χ4n) is 3.97. The Hall–Kier alpha value is -4.02. The Morgan fingerprint density at radius 3 is 2.58 bits per heavy atom. The summed E-state index contributed by atoms with van der Waals surface area (Å²) in [4.78, 5) is 30.0. The first kappa shape index (κ1) is 25.6. The Labute approximate surface area is 228 Å². The molecule has 2 N–H and O–H groups in total. The molecule has 0 radical (unpaired) electrons. The summed E-state index contributed by atoms with van der Waals surface area (Å²) < 4.78 is 2.93. The van der Waals surface area contributed by atoms with Crippen molar-refractivity contribution in [1.29, 1.82) is 0 Å². The van der Waals surface area contributed by atoms with E-state index in [1.807, 2.05) is 79.9 Å². The highest BCUT2D eigenvalue weighted by Crippen LogP contribution is 2.27. The minimum atomic E-state index is -0.186. The number of thioether (sulfide) groups is 1. The highest BCUT2D eigenvalue weighted by atomic mass is 32.2. The topological polar surface area (TPSA) is 102 Å². The van der Waals surface area contributed by atoms with Crippen LogP contribution in [-0.4, -0.2) is 37.3 Å². The average molecular weight is 543 g/mol. The largest absolute Gasteiger partial charge is 0.345 e. The van der Waals surface area contributed by atoms with Crippen molar-refractivity contribution in [3.05, 3.63) is 94.8 Å². The van der Waals surface area contributed by atoms with Gasteiger partial charge in [-0.2, -0.15) is 0 Å². The molecular weight excluding hydrogens is 516 g/mol. The molecule has 5 rings (SSSR count). The number of nitrogens with one attached hydrogen (secondary N) is 2. The monoisotopic (exact) mass is 542 g/mol. The van der Waals surface area contributed by atoms with E-state index < -0.39 is 0 Å². The van der Waals surface area contributed by atoms with Crippen molar-refractivity contribution in [3.63, 3.8) is 0 Å². The van der Waals surface area contributed by atoms with Crippen molar-refractivity contribution in [1.82, 2.24) is 25.1 Å². The third-order valence-corrected chi connectivity index (χ3v) is 7.75. The van der Waals surface area contributed by atoms with Crippen LogP contribution in [-0.2, 0) is 11.3 Å². The maximum absolute atomic E-state index is 12.8. The van der Waals surface area contributed by atoms with Crippen LogP contribution in [0.15, 0.2) is 71.9 Å². The van der Waals surface area contributed by atoms with Crippen LogP contribution in [0.4, 0.5) is 5.13 Å². The number of amides is 2. The molecule has 2 heterocycles. The summed E-state index contributed by atoms with van der Waals surface area (Å²) in [5, 5.41) is 15.7. The van der Waals surface area contributed by atoms with Gasteiger partial charge in [0.1, 0.15) is 0 Å². The first-order chi connectivity index (χ1) is 18.4. The summed E-state index contributed by atoms with van der Waals surface area (Å²) >= 11 is 2.72. The molecule has 2 aromatic heterocycles. The fourth-order valence-corrected chi connectivity index (χ4v) is 5.62. The zero-order chi connectivity index (χ0) is 26.6. The van der Waals surface area contributed by atoms with Gasteiger partial charge in [0.15, 0.2) is 16.1 Å². The Kier molecular flexibility index (Phi) is 7.52. The first-order valence-electron chi connectivity index (χ1n) is 12.0. The van der Waals surface area contributed by atoms with E-state index in [-0.39, 0.29) is 24.1 Å². The van der Waals surface area contributed by atoms with Gasteiger partial charge in [0, 0.05) is 5.56 Å². The number of para-hydroxylation sites is 1. The number of carbonyl (C=O) groups excluding carboxylic acids is 2. The number of anilines is 1. The Morgan fingerprint density at radius 1 is 0.947 bits per heavy atom. The zero-order valence-corrected chi connectivity index (χ0v) is 22.8. The molecule has 10 heteroatoms. The van der Waals surface area contributed by atoms with Crippen molar-refractivity contribution in [2.24, 2.45) is 0 Å². The van der Waals surface area contributed by atoms with Gasteiger partial charge in [0.05, 0.1) is 28.2 Å². The summed E-state index contributed by atoms with van der Waals surface area (Å²) in [7, 11) is 0. The summed E-state index contributed by atoms with van der Waals surface area (Å²) in [6, 6.07) is 21.3. The van der Waals surface area contributed by atoms with E-state index in [4.69, 9.17) is 0 Å². The number of rotatable bonds is 8. The first-order valence-corrected chi connectivity index (χ1v) is 13.8. The lowest BCUT2D eigenvalue weighted by Crippen LogP contribution is -2.25. The molecule has 5 aromatic rings. The number of fused-ring (bicyclic) bond motifs is 1. The van der Waals surface area contributed by atoms with E-state index in [0.29, 0.717) is 21.7 Å². The molecule has 0 bridgehead atoms. The lowest BCUT2D eigenvalue weighted by Gasteiger charge is -2.14. The number of nitrogens with zero attached hydrogens (tertiary/aromatic N) is 4. The number of carbonyl (C=O) groups is 2. The molecule has 8 nitrogen and oxygen atoms in total. The second-order valence-corrected chi connectivity index (χ2v) is 10.9. The second kappa shape index (κ2) is 11.2. The van der Waals surface area contributed by atoms with E-state index in [1.54, 1.807) is 6.07 Å². The van der Waals surface area contributed by atoms with E-state index in [2.05, 4.69) is 31.9 Å². The van der Waals surface area contributed by atoms with Crippen LogP contribution in [0.3, 0.4) is 0 Å². The molecule has 0 aliphatic heterocycles. The van der Waals surface area contributed by atoms with Crippen LogP contribution >= 0.6 is 23.1 Å². The van der Waals surface area contributed by atoms with Crippen LogP contribution in [0.1, 0.15) is 32.9 Å². The minimum Gasteiger partial charge on any atom is -0.345 e. The number of hydrogen-bond donors (Lipinski definition) is 2. The summed E-state index contributed by atoms with van der Waals surface area (Å²) in [5.74, 6) is 0.343. The second-order valence-electron chi connectivity index (χ2n) is 8.90. The third kappa shape index (κ3) is 5.76. The smallest absolute Gasteiger partial charge is 0.251 e. The third-order valence-electron chi connectivity index (χ3n) is 5.87. The SMILES string of the molecule is Cc1cccc(C(=O)NCc2nnc(SCC(=O)Nc3nc4ccccc4s3)n2-c2cc(C)ccc2C)c1. The molecule has 0 aliphatic rings. The van der Waals surface area contributed by atoms with Crippen LogP contribution in [0, 0.1) is 20.8 Å². The predicted molar refractivity (Wildman–Crippen MR) is 152 cm³/mol. The van der Waals surface area contributed by atoms with Gasteiger partial charge in [-0.1, -0.05) is 65.1 Å². The van der Waals surface area contributed by atoms with Gasteiger partial charge in [-0.15, -0.1) is 10.2 Å². The highest BCUT2D eigenvalue weighted by molar-refractivity contribution is 7.99. The quantitative estimate of drug-likeness (QED) is 0.252. The molecule has 192 valence electrons. The van der Waals surface area contributed by atoms with Crippen molar-refractivity contribution >= 4 is 50.3 Å². The van der Waals surface area contributed by atoms with Gasteiger partial charge in [-0.05, 0) is 62.2 Å². The molecule has 0 atom stereocenters. The Bertz CT molecular complexity index is 1610. The van der Waals surface area contributed by atoms with Crippen LogP contribution in [0.5, 0.6) is 0 Å². The molecule has 0 saturated heterocycles. The lowest BCUT2D eigenvalue weighted by molar-refractivity contribution is -0.113. The molecule has 38 heavy (non-hydrogen) atoms. The van der Waals surface area contributed by atoms with Gasteiger partial charge >= 0.3 is 0 Å². The average Bonchev–Trinajstić information content (AvgIpc) is 3.50. The standard InChI is InChI=1S/C28H26N6O2S2/c1-17-7-6-8-20(13-17)26(36)29-15-24-32-33-28(34(24)22-14-18(2)11-12-19(22)3)37-16-25(35)31-27-30-21-9-4-5-10-23(21)38-27/h4-14H,15-16H2,1-3H3,(H,29,36)(H,30,31,35). The number of aromatic nitrogens is 4. The molecule has 0 saturated carbocycles. The lowest BCUT2D eigenvalue weighted by atomic mass is 10.1. The number of hydrogen-bond acceptors (Lipinski definition) is 7. The van der Waals surface area contributed by atoms with Crippen LogP contribution in [0.25, 0.3) is 15.9 Å². The highest BCUT2D eigenvalue weighted by Gasteiger charge is 2.19. The van der Waals surface area contributed by atoms with Gasteiger partial charge in [0.2, 0.25) is 5.91 Å². The van der Waals surface area contributed by atoms with E-state index in [0.717, 1.165) is 32.6 Å². The van der Waals surface area contributed by atoms with Crippen molar-refractivity contribution < 1.29 is 9.59 Å². The maximum atomic E-state index is 12.8. The minimum absolute atomic E-state index is 0.134. The predicted octanol–water partition coefficient (Wildman–Crippen LogP) is 5.46. The van der Waals surface area contributed by atoms with Crippen LogP contribution in [0.2, 0.25) is 0 Å². The van der Waals surface area contributed by atoms with Gasteiger partial charge in [-0.25, -0.2) is 4.98 Å². The van der Waals surface area contributed by atoms with E-state index >= 15 is 0 Å². The van der Waals surface area contributed by atoms with Gasteiger partial charge < -0.3 is 10.6 Å². The number of aryl methyl sites for hydroxylation is 3. The fraction of sp³-hybridized carbons (Fsp3) is 0.179. The summed E-state index contributed by atoms with van der Waals surface area (Å²) in [6.45, 7) is 6.17. The molecule has 0 spiro atoms. The Balaban J connectivity index is 1.35. The van der Waals surface area contributed by atoms with E-state index in [9.17, 15) is 9.59 Å². The van der Waals surface area contributed by atoms with Crippen molar-refractivity contribution in [3.8, 4) is 5.69 Å². The summed E-state index contributed by atoms with van der Waals surface area (Å²) in [5.41, 5.74) is 5.47. The van der Waals surface area contributed by atoms with E-state index in [1.165, 1.54) is 23.1 Å². The van der Waals surface area contributed by atoms with Crippen LogP contribution < -0.4 is 10.6 Å². The summed E-state index contributed by atoms with van der Waals surface area (Å²) in [6.07, 6.45) is 0.